The molecule has 2 heterocycles. The van der Waals surface area contributed by atoms with Gasteiger partial charge >= 0.3 is 0 Å². The maximum atomic E-state index is 12.2. The lowest BCUT2D eigenvalue weighted by molar-refractivity contribution is 0.0938. The largest absolute Gasteiger partial charge is 0.490 e. The minimum atomic E-state index is -0.411. The summed E-state index contributed by atoms with van der Waals surface area (Å²) in [6.45, 7) is 3.10. The molecule has 0 spiro atoms. The van der Waals surface area contributed by atoms with Crippen LogP contribution in [0.1, 0.15) is 35.3 Å². The van der Waals surface area contributed by atoms with E-state index in [-0.39, 0.29) is 11.6 Å². The number of rotatable bonds is 3. The van der Waals surface area contributed by atoms with Crippen molar-refractivity contribution in [2.75, 3.05) is 13.2 Å². The summed E-state index contributed by atoms with van der Waals surface area (Å²) >= 11 is 0. The highest BCUT2D eigenvalue weighted by Gasteiger charge is 2.17. The van der Waals surface area contributed by atoms with Crippen molar-refractivity contribution in [1.29, 1.82) is 0 Å². The van der Waals surface area contributed by atoms with Crippen LogP contribution in [0.2, 0.25) is 0 Å². The van der Waals surface area contributed by atoms with Gasteiger partial charge in [0, 0.05) is 12.6 Å². The number of nitrogens with one attached hydrogen (secondary N) is 2. The highest BCUT2D eigenvalue weighted by atomic mass is 16.5. The highest BCUT2D eigenvalue weighted by Crippen LogP contribution is 2.32. The number of carbonyl (C=O) groups excluding carboxylic acids is 1. The zero-order chi connectivity index (χ0) is 16.2. The molecular weight excluding hydrogens is 296 g/mol. The maximum Gasteiger partial charge on any atom is 0.260 e. The normalized spacial score (nSPS) is 14.7. The van der Waals surface area contributed by atoms with Crippen LogP contribution in [0.3, 0.4) is 0 Å². The number of hydrogen-bond donors (Lipinski definition) is 2. The van der Waals surface area contributed by atoms with E-state index in [4.69, 9.17) is 9.47 Å². The number of fused-ring (bicyclic) bond motifs is 1. The van der Waals surface area contributed by atoms with Crippen LogP contribution in [0, 0.1) is 0 Å². The molecule has 1 aromatic heterocycles. The van der Waals surface area contributed by atoms with E-state index < -0.39 is 11.5 Å². The molecule has 1 atom stereocenters. The second kappa shape index (κ2) is 6.56. The highest BCUT2D eigenvalue weighted by molar-refractivity contribution is 5.94. The number of pyridine rings is 1. The van der Waals surface area contributed by atoms with Gasteiger partial charge in [-0.2, -0.15) is 0 Å². The zero-order valence-corrected chi connectivity index (χ0v) is 12.8. The zero-order valence-electron chi connectivity index (χ0n) is 12.8. The van der Waals surface area contributed by atoms with Crippen molar-refractivity contribution >= 4 is 5.91 Å². The predicted octanol–water partition coefficient (Wildman–Crippen LogP) is 2.03. The average Bonchev–Trinajstić information content (AvgIpc) is 2.79. The molecule has 6 heteroatoms. The number of ether oxygens (including phenoxy) is 2. The molecule has 0 radical (unpaired) electrons. The van der Waals surface area contributed by atoms with Crippen molar-refractivity contribution in [2.45, 2.75) is 19.4 Å². The van der Waals surface area contributed by atoms with E-state index in [2.05, 4.69) is 10.3 Å². The molecule has 1 amide bonds. The van der Waals surface area contributed by atoms with Crippen molar-refractivity contribution in [3.05, 3.63) is 58.0 Å². The number of amides is 1. The van der Waals surface area contributed by atoms with Crippen molar-refractivity contribution in [2.24, 2.45) is 0 Å². The fraction of sp³-hybridized carbons (Fsp3) is 0.294. The van der Waals surface area contributed by atoms with Crippen LogP contribution < -0.4 is 20.3 Å². The molecule has 1 unspecified atom stereocenters. The Labute approximate surface area is 133 Å². The lowest BCUT2D eigenvalue weighted by Gasteiger charge is -2.16. The summed E-state index contributed by atoms with van der Waals surface area (Å²) < 4.78 is 11.2. The molecule has 0 fully saturated rings. The summed E-state index contributed by atoms with van der Waals surface area (Å²) in [5, 5.41) is 2.82. The lowest BCUT2D eigenvalue weighted by atomic mass is 10.1. The van der Waals surface area contributed by atoms with E-state index in [9.17, 15) is 9.59 Å². The third-order valence-corrected chi connectivity index (χ3v) is 3.68. The van der Waals surface area contributed by atoms with Crippen LogP contribution in [0.25, 0.3) is 0 Å². The Morgan fingerprint density at radius 2 is 2.00 bits per heavy atom. The van der Waals surface area contributed by atoms with E-state index in [0.717, 1.165) is 12.0 Å². The molecule has 1 aliphatic rings. The molecular formula is C17H18N2O4. The smallest absolute Gasteiger partial charge is 0.260 e. The monoisotopic (exact) mass is 314 g/mol. The standard InChI is InChI=1S/C17H18N2O4/c1-11(19-17(21)13-4-2-7-18-16(13)20)12-5-6-14-15(10-12)23-9-3-8-22-14/h2,4-7,10-11H,3,8-9H2,1H3,(H,18,20)(H,19,21). The first-order valence-electron chi connectivity index (χ1n) is 7.53. The summed E-state index contributed by atoms with van der Waals surface area (Å²) in [6, 6.07) is 8.44. The number of H-pyrrole nitrogens is 1. The second-order valence-corrected chi connectivity index (χ2v) is 5.36. The van der Waals surface area contributed by atoms with Crippen LogP contribution in [0.5, 0.6) is 11.5 Å². The Morgan fingerprint density at radius 1 is 1.22 bits per heavy atom. The Kier molecular flexibility index (Phi) is 4.32. The summed E-state index contributed by atoms with van der Waals surface area (Å²) in [4.78, 5) is 26.4. The number of aromatic amines is 1. The molecule has 3 rings (SSSR count). The quantitative estimate of drug-likeness (QED) is 0.908. The molecule has 1 aliphatic heterocycles. The third kappa shape index (κ3) is 3.36. The van der Waals surface area contributed by atoms with Crippen LogP contribution >= 0.6 is 0 Å². The van der Waals surface area contributed by atoms with Crippen LogP contribution in [-0.4, -0.2) is 24.1 Å². The topological polar surface area (TPSA) is 80.4 Å². The van der Waals surface area contributed by atoms with Gasteiger partial charge in [-0.15, -0.1) is 0 Å². The molecule has 0 bridgehead atoms. The molecule has 0 saturated heterocycles. The first-order valence-corrected chi connectivity index (χ1v) is 7.53. The van der Waals surface area contributed by atoms with Gasteiger partial charge in [0.15, 0.2) is 11.5 Å². The van der Waals surface area contributed by atoms with Crippen LogP contribution in [-0.2, 0) is 0 Å². The van der Waals surface area contributed by atoms with Gasteiger partial charge in [0.2, 0.25) is 0 Å². The van der Waals surface area contributed by atoms with Crippen molar-refractivity contribution in [3.8, 4) is 11.5 Å². The lowest BCUT2D eigenvalue weighted by Crippen LogP contribution is -2.31. The minimum absolute atomic E-state index is 0.0914. The van der Waals surface area contributed by atoms with Crippen LogP contribution in [0.15, 0.2) is 41.3 Å². The average molecular weight is 314 g/mol. The Hall–Kier alpha value is -2.76. The first kappa shape index (κ1) is 15.1. The Balaban J connectivity index is 1.77. The first-order chi connectivity index (χ1) is 11.1. The van der Waals surface area contributed by atoms with E-state index in [1.54, 1.807) is 6.07 Å². The van der Waals surface area contributed by atoms with Gasteiger partial charge in [0.05, 0.1) is 19.3 Å². The van der Waals surface area contributed by atoms with Gasteiger partial charge < -0.3 is 19.8 Å². The van der Waals surface area contributed by atoms with Gasteiger partial charge in [0.1, 0.15) is 5.56 Å². The predicted molar refractivity (Wildman–Crippen MR) is 85.0 cm³/mol. The second-order valence-electron chi connectivity index (χ2n) is 5.36. The summed E-state index contributed by atoms with van der Waals surface area (Å²) in [6.07, 6.45) is 2.33. The van der Waals surface area contributed by atoms with Crippen molar-refractivity contribution in [1.82, 2.24) is 10.3 Å². The third-order valence-electron chi connectivity index (χ3n) is 3.68. The maximum absolute atomic E-state index is 12.2. The van der Waals surface area contributed by atoms with Crippen molar-refractivity contribution in [3.63, 3.8) is 0 Å². The molecule has 6 nitrogen and oxygen atoms in total. The van der Waals surface area contributed by atoms with Gasteiger partial charge in [-0.25, -0.2) is 0 Å². The summed E-state index contributed by atoms with van der Waals surface area (Å²) in [5.74, 6) is 0.981. The fourth-order valence-electron chi connectivity index (χ4n) is 2.41. The van der Waals surface area contributed by atoms with Gasteiger partial charge in [-0.3, -0.25) is 9.59 Å². The Bertz CT molecular complexity index is 769. The van der Waals surface area contributed by atoms with Gasteiger partial charge in [0.25, 0.3) is 11.5 Å². The van der Waals surface area contributed by atoms with E-state index >= 15 is 0 Å². The number of benzene rings is 1. The molecule has 23 heavy (non-hydrogen) atoms. The summed E-state index contributed by atoms with van der Waals surface area (Å²) in [5.41, 5.74) is 0.569. The van der Waals surface area contributed by atoms with Crippen molar-refractivity contribution < 1.29 is 14.3 Å². The van der Waals surface area contributed by atoms with E-state index in [1.807, 2.05) is 25.1 Å². The van der Waals surface area contributed by atoms with E-state index in [0.29, 0.717) is 24.7 Å². The molecule has 1 aromatic carbocycles. The minimum Gasteiger partial charge on any atom is -0.490 e. The van der Waals surface area contributed by atoms with Gasteiger partial charge in [-0.05, 0) is 36.8 Å². The van der Waals surface area contributed by atoms with Gasteiger partial charge in [-0.1, -0.05) is 6.07 Å². The molecule has 2 aromatic rings. The molecule has 120 valence electrons. The van der Waals surface area contributed by atoms with E-state index in [1.165, 1.54) is 12.3 Å². The SMILES string of the molecule is CC(NC(=O)c1ccc[nH]c1=O)c1ccc2c(c1)OCCCO2. The Morgan fingerprint density at radius 3 is 2.78 bits per heavy atom. The number of aromatic nitrogens is 1. The number of carbonyl (C=O) groups is 1. The van der Waals surface area contributed by atoms with Crippen LogP contribution in [0.4, 0.5) is 0 Å². The summed E-state index contributed by atoms with van der Waals surface area (Å²) in [7, 11) is 0. The molecule has 2 N–H and O–H groups in total. The fourth-order valence-corrected chi connectivity index (χ4v) is 2.41. The molecule has 0 aliphatic carbocycles. The molecule has 0 saturated carbocycles. The number of hydrogen-bond acceptors (Lipinski definition) is 4.